The molecule has 1 aromatic rings. The second-order valence-corrected chi connectivity index (χ2v) is 8.30. The van der Waals surface area contributed by atoms with Gasteiger partial charge in [0.15, 0.2) is 0 Å². The van der Waals surface area contributed by atoms with E-state index in [0.29, 0.717) is 10.9 Å². The van der Waals surface area contributed by atoms with Crippen molar-refractivity contribution in [1.29, 1.82) is 0 Å². The molecule has 0 radical (unpaired) electrons. The minimum Gasteiger partial charge on any atom is -0.398 e. The van der Waals surface area contributed by atoms with E-state index in [0.717, 1.165) is 12.1 Å². The van der Waals surface area contributed by atoms with E-state index >= 15 is 0 Å². The van der Waals surface area contributed by atoms with Gasteiger partial charge in [-0.1, -0.05) is 13.8 Å². The molecule has 0 saturated heterocycles. The highest BCUT2D eigenvalue weighted by Gasteiger charge is 2.50. The minimum atomic E-state index is -3.97. The summed E-state index contributed by atoms with van der Waals surface area (Å²) in [5, 5.41) is 0. The molecule has 1 aromatic carbocycles. The third-order valence-electron chi connectivity index (χ3n) is 4.10. The molecule has 2 atom stereocenters. The molecule has 1 aliphatic rings. The van der Waals surface area contributed by atoms with Gasteiger partial charge in [-0.3, -0.25) is 0 Å². The van der Waals surface area contributed by atoms with Crippen LogP contribution in [0.2, 0.25) is 0 Å². The van der Waals surface area contributed by atoms with Crippen LogP contribution in [0.3, 0.4) is 0 Å². The quantitative estimate of drug-likeness (QED) is 0.784. The van der Waals surface area contributed by atoms with Gasteiger partial charge < -0.3 is 10.5 Å². The minimum absolute atomic E-state index is 0.0231. The lowest BCUT2D eigenvalue weighted by Crippen LogP contribution is -2.61. The molecule has 0 aliphatic heterocycles. The maximum absolute atomic E-state index is 13.9. The number of nitrogens with two attached hydrogens (primary N) is 1. The number of hydrogen-bond acceptors (Lipinski definition) is 4. The third kappa shape index (κ3) is 2.94. The number of ether oxygens (including phenoxy) is 1. The summed E-state index contributed by atoms with van der Waals surface area (Å²) in [5.41, 5.74) is 5.45. The van der Waals surface area contributed by atoms with Crippen LogP contribution in [-0.4, -0.2) is 27.7 Å². The van der Waals surface area contributed by atoms with E-state index in [1.807, 2.05) is 13.8 Å². The zero-order chi connectivity index (χ0) is 16.0. The van der Waals surface area contributed by atoms with Crippen molar-refractivity contribution >= 4 is 31.6 Å². The Labute approximate surface area is 132 Å². The Morgan fingerprint density at radius 1 is 1.48 bits per heavy atom. The summed E-state index contributed by atoms with van der Waals surface area (Å²) in [5.74, 6) is -0.844. The summed E-state index contributed by atoms with van der Waals surface area (Å²) in [6.45, 7) is 3.81. The van der Waals surface area contributed by atoms with Crippen LogP contribution in [-0.2, 0) is 14.8 Å². The van der Waals surface area contributed by atoms with Gasteiger partial charge in [0.25, 0.3) is 0 Å². The molecule has 0 heterocycles. The number of sulfonamides is 1. The topological polar surface area (TPSA) is 81.4 Å². The molecule has 2 unspecified atom stereocenters. The van der Waals surface area contributed by atoms with Crippen LogP contribution in [0.4, 0.5) is 10.1 Å². The van der Waals surface area contributed by atoms with Gasteiger partial charge in [0, 0.05) is 28.7 Å². The Morgan fingerprint density at radius 3 is 2.62 bits per heavy atom. The predicted molar refractivity (Wildman–Crippen MR) is 81.8 cm³/mol. The van der Waals surface area contributed by atoms with Crippen molar-refractivity contribution in [2.45, 2.75) is 37.3 Å². The van der Waals surface area contributed by atoms with Crippen LogP contribution in [0.5, 0.6) is 0 Å². The fraction of sp³-hybridized carbons (Fsp3) is 0.538. The second kappa shape index (κ2) is 5.49. The molecule has 8 heteroatoms. The van der Waals surface area contributed by atoms with E-state index in [1.165, 1.54) is 0 Å². The lowest BCUT2D eigenvalue weighted by Gasteiger charge is -2.50. The van der Waals surface area contributed by atoms with Crippen molar-refractivity contribution in [3.05, 3.63) is 22.4 Å². The summed E-state index contributed by atoms with van der Waals surface area (Å²) in [6.07, 6.45) is 0.529. The average molecular weight is 381 g/mol. The highest BCUT2D eigenvalue weighted by Crippen LogP contribution is 2.43. The van der Waals surface area contributed by atoms with Gasteiger partial charge in [-0.25, -0.2) is 17.5 Å². The number of anilines is 1. The van der Waals surface area contributed by atoms with Crippen LogP contribution in [0.15, 0.2) is 21.5 Å². The Hall–Kier alpha value is -0.700. The van der Waals surface area contributed by atoms with Crippen molar-refractivity contribution in [2.75, 3.05) is 12.8 Å². The van der Waals surface area contributed by atoms with Crippen LogP contribution in [0.1, 0.15) is 20.3 Å². The molecule has 1 aliphatic carbocycles. The maximum atomic E-state index is 13.9. The molecule has 0 spiro atoms. The van der Waals surface area contributed by atoms with Crippen molar-refractivity contribution in [2.24, 2.45) is 5.41 Å². The first-order valence-electron chi connectivity index (χ1n) is 6.39. The van der Waals surface area contributed by atoms with Crippen molar-refractivity contribution in [3.63, 3.8) is 0 Å². The number of benzene rings is 1. The monoisotopic (exact) mass is 380 g/mol. The summed E-state index contributed by atoms with van der Waals surface area (Å²) in [6, 6.07) is 1.85. The number of rotatable bonds is 4. The lowest BCUT2D eigenvalue weighted by atomic mass is 9.65. The molecule has 2 rings (SSSR count). The van der Waals surface area contributed by atoms with E-state index in [2.05, 4.69) is 20.7 Å². The zero-order valence-electron chi connectivity index (χ0n) is 12.0. The average Bonchev–Trinajstić information content (AvgIpc) is 2.38. The van der Waals surface area contributed by atoms with Crippen LogP contribution >= 0.6 is 15.9 Å². The van der Waals surface area contributed by atoms with Crippen molar-refractivity contribution < 1.29 is 17.5 Å². The number of nitrogen functional groups attached to an aromatic ring is 1. The second-order valence-electron chi connectivity index (χ2n) is 5.76. The summed E-state index contributed by atoms with van der Waals surface area (Å²) >= 11 is 3.06. The van der Waals surface area contributed by atoms with Crippen molar-refractivity contribution in [1.82, 2.24) is 4.72 Å². The molecule has 1 saturated carbocycles. The summed E-state index contributed by atoms with van der Waals surface area (Å²) in [4.78, 5) is -0.445. The van der Waals surface area contributed by atoms with E-state index in [-0.39, 0.29) is 23.2 Å². The highest BCUT2D eigenvalue weighted by molar-refractivity contribution is 9.10. The SMILES string of the molecule is COC1CC(NS(=O)(=O)c2cc(N)c(Br)cc2F)C1(C)C. The fourth-order valence-corrected chi connectivity index (χ4v) is 4.30. The van der Waals surface area contributed by atoms with Gasteiger partial charge >= 0.3 is 0 Å². The van der Waals surface area contributed by atoms with Crippen LogP contribution in [0.25, 0.3) is 0 Å². The van der Waals surface area contributed by atoms with Gasteiger partial charge in [-0.05, 0) is 34.5 Å². The first kappa shape index (κ1) is 16.7. The number of halogens is 2. The third-order valence-corrected chi connectivity index (χ3v) is 6.27. The van der Waals surface area contributed by atoms with Gasteiger partial charge in [0.1, 0.15) is 10.7 Å². The Bertz CT molecular complexity index is 664. The summed E-state index contributed by atoms with van der Waals surface area (Å²) < 4.78 is 46.7. The molecular formula is C13H18BrFN2O3S. The van der Waals surface area contributed by atoms with E-state index in [4.69, 9.17) is 10.5 Å². The van der Waals surface area contributed by atoms with Gasteiger partial charge in [-0.2, -0.15) is 0 Å². The Balaban J connectivity index is 2.27. The molecule has 3 N–H and O–H groups in total. The van der Waals surface area contributed by atoms with Gasteiger partial charge in [0.05, 0.1) is 6.10 Å². The molecule has 21 heavy (non-hydrogen) atoms. The fourth-order valence-electron chi connectivity index (χ4n) is 2.49. The lowest BCUT2D eigenvalue weighted by molar-refractivity contribution is -0.0908. The van der Waals surface area contributed by atoms with Gasteiger partial charge in [-0.15, -0.1) is 0 Å². The number of hydrogen-bond donors (Lipinski definition) is 2. The molecule has 0 bridgehead atoms. The smallest absolute Gasteiger partial charge is 0.243 e. The highest BCUT2D eigenvalue weighted by atomic mass is 79.9. The van der Waals surface area contributed by atoms with E-state index in [1.54, 1.807) is 7.11 Å². The van der Waals surface area contributed by atoms with Crippen LogP contribution < -0.4 is 10.5 Å². The number of nitrogens with one attached hydrogen (secondary N) is 1. The number of methoxy groups -OCH3 is 1. The van der Waals surface area contributed by atoms with E-state index in [9.17, 15) is 12.8 Å². The summed E-state index contributed by atoms with van der Waals surface area (Å²) in [7, 11) is -2.38. The Kier molecular flexibility index (Phi) is 4.36. The molecule has 118 valence electrons. The maximum Gasteiger partial charge on any atom is 0.243 e. The van der Waals surface area contributed by atoms with Crippen molar-refractivity contribution in [3.8, 4) is 0 Å². The van der Waals surface area contributed by atoms with E-state index < -0.39 is 20.7 Å². The molecule has 0 amide bonds. The molecule has 1 fully saturated rings. The Morgan fingerprint density at radius 2 is 2.10 bits per heavy atom. The largest absolute Gasteiger partial charge is 0.398 e. The first-order chi connectivity index (χ1) is 9.59. The molecule has 0 aromatic heterocycles. The van der Waals surface area contributed by atoms with Gasteiger partial charge in [0.2, 0.25) is 10.0 Å². The standard InChI is InChI=1S/C13H18BrFN2O3S/c1-13(2)11(6-12(13)20-3)17-21(18,19)10-5-9(16)7(14)4-8(10)15/h4-5,11-12,17H,6,16H2,1-3H3. The van der Waals surface area contributed by atoms with Crippen LogP contribution in [0, 0.1) is 11.2 Å². The first-order valence-corrected chi connectivity index (χ1v) is 8.67. The molecule has 5 nitrogen and oxygen atoms in total. The normalized spacial score (nSPS) is 24.6. The molecular weight excluding hydrogens is 363 g/mol. The zero-order valence-corrected chi connectivity index (χ0v) is 14.4. The predicted octanol–water partition coefficient (Wildman–Crippen LogP) is 2.26.